The zero-order chi connectivity index (χ0) is 14.5. The molecule has 1 aromatic heterocycles. The van der Waals surface area contributed by atoms with Gasteiger partial charge in [0.15, 0.2) is 0 Å². The van der Waals surface area contributed by atoms with Crippen molar-refractivity contribution in [2.75, 3.05) is 5.43 Å². The van der Waals surface area contributed by atoms with E-state index in [1.165, 1.54) is 0 Å². The standard InChI is InChI=1S/C15H18N4O/c1-10-9-11(2)17-15(16-10)19-18-14(20)12(3)13-7-5-4-6-8-13/h4-9,12H,1-3H3,(H,18,20)(H,16,17,19). The van der Waals surface area contributed by atoms with Gasteiger partial charge in [-0.3, -0.25) is 15.6 Å². The molecule has 2 aromatic rings. The summed E-state index contributed by atoms with van der Waals surface area (Å²) in [5.41, 5.74) is 8.06. The Morgan fingerprint density at radius 1 is 1.10 bits per heavy atom. The molecule has 5 heteroatoms. The van der Waals surface area contributed by atoms with E-state index >= 15 is 0 Å². The fourth-order valence-corrected chi connectivity index (χ4v) is 1.90. The quantitative estimate of drug-likeness (QED) is 0.837. The third-order valence-electron chi connectivity index (χ3n) is 2.97. The number of carbonyl (C=O) groups is 1. The van der Waals surface area contributed by atoms with Crippen molar-refractivity contribution in [2.24, 2.45) is 0 Å². The van der Waals surface area contributed by atoms with E-state index < -0.39 is 0 Å². The first-order valence-corrected chi connectivity index (χ1v) is 6.49. The Morgan fingerprint density at radius 3 is 2.30 bits per heavy atom. The molecule has 1 heterocycles. The van der Waals surface area contributed by atoms with Gasteiger partial charge in [0.05, 0.1) is 5.92 Å². The lowest BCUT2D eigenvalue weighted by Crippen LogP contribution is -2.33. The zero-order valence-electron chi connectivity index (χ0n) is 11.8. The molecule has 2 rings (SSSR count). The summed E-state index contributed by atoms with van der Waals surface area (Å²) in [7, 11) is 0. The molecule has 2 N–H and O–H groups in total. The fourth-order valence-electron chi connectivity index (χ4n) is 1.90. The Kier molecular flexibility index (Phi) is 4.30. The van der Waals surface area contributed by atoms with E-state index in [2.05, 4.69) is 20.8 Å². The van der Waals surface area contributed by atoms with Crippen LogP contribution in [-0.2, 0) is 4.79 Å². The van der Waals surface area contributed by atoms with Gasteiger partial charge in [-0.05, 0) is 32.4 Å². The summed E-state index contributed by atoms with van der Waals surface area (Å²) >= 11 is 0. The monoisotopic (exact) mass is 270 g/mol. The third kappa shape index (κ3) is 3.54. The van der Waals surface area contributed by atoms with Crippen molar-refractivity contribution in [3.63, 3.8) is 0 Å². The van der Waals surface area contributed by atoms with Crippen LogP contribution in [0.1, 0.15) is 29.8 Å². The number of benzene rings is 1. The predicted octanol–water partition coefficient (Wildman–Crippen LogP) is 2.34. The average Bonchev–Trinajstić information content (AvgIpc) is 2.44. The summed E-state index contributed by atoms with van der Waals surface area (Å²) in [5, 5.41) is 0. The number of hydrogen-bond acceptors (Lipinski definition) is 4. The lowest BCUT2D eigenvalue weighted by Gasteiger charge is -2.13. The lowest BCUT2D eigenvalue weighted by atomic mass is 10.0. The maximum Gasteiger partial charge on any atom is 0.245 e. The van der Waals surface area contributed by atoms with Gasteiger partial charge >= 0.3 is 0 Å². The summed E-state index contributed by atoms with van der Waals surface area (Å²) in [5.74, 6) is 0.0321. The number of hydrogen-bond donors (Lipinski definition) is 2. The number of anilines is 1. The molecular weight excluding hydrogens is 252 g/mol. The van der Waals surface area contributed by atoms with E-state index in [1.807, 2.05) is 57.2 Å². The minimum Gasteiger partial charge on any atom is -0.273 e. The van der Waals surface area contributed by atoms with Crippen molar-refractivity contribution in [2.45, 2.75) is 26.7 Å². The second-order valence-electron chi connectivity index (χ2n) is 4.72. The largest absolute Gasteiger partial charge is 0.273 e. The minimum absolute atomic E-state index is 0.126. The third-order valence-corrected chi connectivity index (χ3v) is 2.97. The van der Waals surface area contributed by atoms with Gasteiger partial charge in [0.25, 0.3) is 0 Å². The van der Waals surface area contributed by atoms with Crippen LogP contribution in [0.25, 0.3) is 0 Å². The molecule has 0 saturated carbocycles. The molecule has 5 nitrogen and oxygen atoms in total. The summed E-state index contributed by atoms with van der Waals surface area (Å²) in [6.45, 7) is 5.62. The molecule has 0 aliphatic heterocycles. The van der Waals surface area contributed by atoms with Crippen LogP contribution in [-0.4, -0.2) is 15.9 Å². The molecule has 104 valence electrons. The SMILES string of the molecule is Cc1cc(C)nc(NNC(=O)C(C)c2ccccc2)n1. The summed E-state index contributed by atoms with van der Waals surface area (Å²) in [6, 6.07) is 11.5. The summed E-state index contributed by atoms with van der Waals surface area (Å²) in [6.07, 6.45) is 0. The summed E-state index contributed by atoms with van der Waals surface area (Å²) < 4.78 is 0. The number of hydrazine groups is 1. The highest BCUT2D eigenvalue weighted by Crippen LogP contribution is 2.14. The minimum atomic E-state index is -0.241. The van der Waals surface area contributed by atoms with E-state index in [-0.39, 0.29) is 11.8 Å². The van der Waals surface area contributed by atoms with Crippen molar-refractivity contribution in [1.82, 2.24) is 15.4 Å². The Labute approximate surface area is 118 Å². The van der Waals surface area contributed by atoms with Crippen molar-refractivity contribution in [1.29, 1.82) is 0 Å². The number of nitrogens with one attached hydrogen (secondary N) is 2. The molecule has 0 aliphatic rings. The Hall–Kier alpha value is -2.43. The average molecular weight is 270 g/mol. The molecule has 0 spiro atoms. The van der Waals surface area contributed by atoms with Crippen molar-refractivity contribution in [3.8, 4) is 0 Å². The van der Waals surface area contributed by atoms with Crippen LogP contribution < -0.4 is 10.9 Å². The second-order valence-corrected chi connectivity index (χ2v) is 4.72. The van der Waals surface area contributed by atoms with E-state index in [9.17, 15) is 4.79 Å². The molecular formula is C15H18N4O. The molecule has 1 unspecified atom stereocenters. The first-order valence-electron chi connectivity index (χ1n) is 6.49. The van der Waals surface area contributed by atoms with Gasteiger partial charge in [0, 0.05) is 11.4 Å². The Morgan fingerprint density at radius 2 is 1.70 bits per heavy atom. The van der Waals surface area contributed by atoms with E-state index in [0.717, 1.165) is 17.0 Å². The Bertz CT molecular complexity index is 578. The van der Waals surface area contributed by atoms with Gasteiger partial charge in [-0.2, -0.15) is 0 Å². The molecule has 0 bridgehead atoms. The van der Waals surface area contributed by atoms with E-state index in [1.54, 1.807) is 0 Å². The van der Waals surface area contributed by atoms with Crippen LogP contribution in [0, 0.1) is 13.8 Å². The van der Waals surface area contributed by atoms with Crippen LogP contribution in [0.4, 0.5) is 5.95 Å². The van der Waals surface area contributed by atoms with Crippen molar-refractivity contribution < 1.29 is 4.79 Å². The topological polar surface area (TPSA) is 66.9 Å². The lowest BCUT2D eigenvalue weighted by molar-refractivity contribution is -0.121. The van der Waals surface area contributed by atoms with Crippen LogP contribution in [0.3, 0.4) is 0 Å². The first kappa shape index (κ1) is 14.0. The molecule has 1 aromatic carbocycles. The highest BCUT2D eigenvalue weighted by Gasteiger charge is 2.14. The highest BCUT2D eigenvalue weighted by atomic mass is 16.2. The number of nitrogens with zero attached hydrogens (tertiary/aromatic N) is 2. The normalized spacial score (nSPS) is 11.8. The van der Waals surface area contributed by atoms with Crippen LogP contribution in [0.5, 0.6) is 0 Å². The molecule has 0 aliphatic carbocycles. The molecule has 0 saturated heterocycles. The molecule has 20 heavy (non-hydrogen) atoms. The van der Waals surface area contributed by atoms with Crippen molar-refractivity contribution in [3.05, 3.63) is 53.3 Å². The van der Waals surface area contributed by atoms with Gasteiger partial charge in [-0.25, -0.2) is 9.97 Å². The smallest absolute Gasteiger partial charge is 0.245 e. The van der Waals surface area contributed by atoms with Gasteiger partial charge in [-0.1, -0.05) is 30.3 Å². The van der Waals surface area contributed by atoms with Gasteiger partial charge < -0.3 is 0 Å². The van der Waals surface area contributed by atoms with Gasteiger partial charge in [-0.15, -0.1) is 0 Å². The number of amides is 1. The number of aryl methyl sites for hydroxylation is 2. The number of rotatable bonds is 4. The van der Waals surface area contributed by atoms with Crippen LogP contribution in [0.2, 0.25) is 0 Å². The molecule has 0 fully saturated rings. The van der Waals surface area contributed by atoms with Crippen molar-refractivity contribution >= 4 is 11.9 Å². The van der Waals surface area contributed by atoms with Crippen LogP contribution in [0.15, 0.2) is 36.4 Å². The predicted molar refractivity (Wildman–Crippen MR) is 78.1 cm³/mol. The first-order chi connectivity index (χ1) is 9.56. The number of carbonyl (C=O) groups excluding carboxylic acids is 1. The Balaban J connectivity index is 1.98. The summed E-state index contributed by atoms with van der Waals surface area (Å²) in [4.78, 5) is 20.5. The fraction of sp³-hybridized carbons (Fsp3) is 0.267. The molecule has 1 atom stereocenters. The maximum absolute atomic E-state index is 12.1. The van der Waals surface area contributed by atoms with Gasteiger partial charge in [0.2, 0.25) is 11.9 Å². The van der Waals surface area contributed by atoms with Gasteiger partial charge in [0.1, 0.15) is 0 Å². The highest BCUT2D eigenvalue weighted by molar-refractivity contribution is 5.83. The maximum atomic E-state index is 12.1. The second kappa shape index (κ2) is 6.14. The molecule has 0 radical (unpaired) electrons. The van der Waals surface area contributed by atoms with E-state index in [0.29, 0.717) is 5.95 Å². The molecule has 1 amide bonds. The number of aromatic nitrogens is 2. The zero-order valence-corrected chi connectivity index (χ0v) is 11.8. The van der Waals surface area contributed by atoms with Crippen LogP contribution >= 0.6 is 0 Å². The van der Waals surface area contributed by atoms with E-state index in [4.69, 9.17) is 0 Å².